The quantitative estimate of drug-likeness (QED) is 0.469. The van der Waals surface area contributed by atoms with E-state index >= 15 is 0 Å². The Kier molecular flexibility index (Phi) is 5.68. The van der Waals surface area contributed by atoms with Crippen molar-refractivity contribution >= 4 is 27.6 Å². The van der Waals surface area contributed by atoms with Crippen LogP contribution in [0.4, 0.5) is 5.69 Å². The van der Waals surface area contributed by atoms with Gasteiger partial charge in [0.2, 0.25) is 0 Å². The maximum absolute atomic E-state index is 12.9. The lowest BCUT2D eigenvalue weighted by molar-refractivity contribution is 0.0880. The molecule has 174 valence electrons. The molecule has 13 heteroatoms. The second kappa shape index (κ2) is 8.49. The van der Waals surface area contributed by atoms with Gasteiger partial charge < -0.3 is 15.8 Å². The number of carbonyl (C=O) groups is 1. The monoisotopic (exact) mass is 480 g/mol. The summed E-state index contributed by atoms with van der Waals surface area (Å²) in [5.41, 5.74) is 6.21. The van der Waals surface area contributed by atoms with Crippen LogP contribution in [0.5, 0.6) is 5.75 Å². The van der Waals surface area contributed by atoms with Gasteiger partial charge in [0.1, 0.15) is 30.6 Å². The number of pyridine rings is 1. The number of hydrogen-bond acceptors (Lipinski definition) is 8. The Balaban J connectivity index is 1.47. The maximum atomic E-state index is 12.9. The third-order valence-electron chi connectivity index (χ3n) is 4.75. The van der Waals surface area contributed by atoms with Crippen molar-refractivity contribution in [2.45, 2.75) is 19.4 Å². The predicted molar refractivity (Wildman–Crippen MR) is 123 cm³/mol. The topological polar surface area (TPSA) is 177 Å². The summed E-state index contributed by atoms with van der Waals surface area (Å²) in [5.74, 6) is 0.211. The Labute approximate surface area is 195 Å². The van der Waals surface area contributed by atoms with Gasteiger partial charge in [-0.2, -0.15) is 13.7 Å². The molecule has 0 saturated heterocycles. The Morgan fingerprint density at radius 1 is 1.32 bits per heavy atom. The van der Waals surface area contributed by atoms with E-state index in [1.165, 1.54) is 18.7 Å². The number of nitrogens with two attached hydrogens (primary N) is 1. The lowest BCUT2D eigenvalue weighted by Crippen LogP contribution is -2.48. The Morgan fingerprint density at radius 2 is 2.12 bits per heavy atom. The largest absolute Gasteiger partial charge is 0.490 e. The molecule has 3 aromatic rings. The van der Waals surface area contributed by atoms with Crippen molar-refractivity contribution in [1.29, 1.82) is 5.26 Å². The molecule has 0 unspecified atom stereocenters. The van der Waals surface area contributed by atoms with Crippen LogP contribution in [0.2, 0.25) is 0 Å². The Hall–Kier alpha value is -4.44. The van der Waals surface area contributed by atoms with Crippen molar-refractivity contribution in [3.63, 3.8) is 0 Å². The zero-order valence-corrected chi connectivity index (χ0v) is 19.0. The van der Waals surface area contributed by atoms with E-state index in [0.29, 0.717) is 22.7 Å². The number of imidazole rings is 1. The van der Waals surface area contributed by atoms with E-state index in [9.17, 15) is 13.2 Å². The summed E-state index contributed by atoms with van der Waals surface area (Å²) in [6, 6.07) is 9.88. The number of anilines is 1. The molecule has 0 atom stereocenters. The van der Waals surface area contributed by atoms with Gasteiger partial charge in [0.05, 0.1) is 16.8 Å². The summed E-state index contributed by atoms with van der Waals surface area (Å²) >= 11 is 0. The smallest absolute Gasteiger partial charge is 0.344 e. The maximum Gasteiger partial charge on any atom is 0.344 e. The first-order valence-electron chi connectivity index (χ1n) is 9.94. The molecule has 0 aliphatic carbocycles. The zero-order chi connectivity index (χ0) is 24.5. The van der Waals surface area contributed by atoms with E-state index in [4.69, 9.17) is 15.7 Å². The van der Waals surface area contributed by atoms with Crippen molar-refractivity contribution in [3.05, 3.63) is 65.9 Å². The Bertz CT molecular complexity index is 1450. The van der Waals surface area contributed by atoms with Crippen LogP contribution in [0.25, 0.3) is 5.82 Å². The average Bonchev–Trinajstić information content (AvgIpc) is 3.26. The summed E-state index contributed by atoms with van der Waals surface area (Å²) in [5, 5.41) is 11.8. The molecule has 0 radical (unpaired) electrons. The molecule has 1 amide bonds. The van der Waals surface area contributed by atoms with Crippen molar-refractivity contribution < 1.29 is 17.9 Å². The SMILES string of the molecule is CC(C)(COc1cccc2c1C(N)=NS(=O)(=O)N2)NC(=O)c1ccnc(-n2cnc(C#N)c2)c1. The van der Waals surface area contributed by atoms with E-state index < -0.39 is 15.7 Å². The molecule has 0 saturated carbocycles. The minimum Gasteiger partial charge on any atom is -0.490 e. The van der Waals surface area contributed by atoms with Gasteiger partial charge in [-0.05, 0) is 38.1 Å². The number of ether oxygens (including phenoxy) is 1. The van der Waals surface area contributed by atoms with Crippen LogP contribution in [-0.2, 0) is 10.2 Å². The number of hydrogen-bond donors (Lipinski definition) is 3. The van der Waals surface area contributed by atoms with Crippen molar-refractivity contribution in [1.82, 2.24) is 19.9 Å². The van der Waals surface area contributed by atoms with E-state index in [2.05, 4.69) is 24.4 Å². The lowest BCUT2D eigenvalue weighted by atomic mass is 10.1. The molecular formula is C21H20N8O4S. The van der Waals surface area contributed by atoms with Gasteiger partial charge >= 0.3 is 10.2 Å². The second-order valence-corrected chi connectivity index (χ2v) is 9.38. The van der Waals surface area contributed by atoms with Gasteiger partial charge in [-0.15, -0.1) is 4.40 Å². The number of benzene rings is 1. The highest BCUT2D eigenvalue weighted by atomic mass is 32.2. The third kappa shape index (κ3) is 4.81. The van der Waals surface area contributed by atoms with Crippen LogP contribution in [0, 0.1) is 11.3 Å². The fourth-order valence-corrected chi connectivity index (χ4v) is 4.06. The van der Waals surface area contributed by atoms with E-state index in [-0.39, 0.29) is 29.7 Å². The molecule has 0 bridgehead atoms. The first-order valence-corrected chi connectivity index (χ1v) is 11.4. The number of amides is 1. The fourth-order valence-electron chi connectivity index (χ4n) is 3.22. The standard InChI is InChI=1S/C21H20N8O4S/c1-21(2,11-33-16-5-3-4-15-18(16)19(23)28-34(31,32)27-15)26-20(30)13-6-7-24-17(8-13)29-10-14(9-22)25-12-29/h3-8,10,12,27H,11H2,1-2H3,(H2,23,28)(H,26,30). The minimum atomic E-state index is -3.90. The number of fused-ring (bicyclic) bond motifs is 1. The number of nitrogens with one attached hydrogen (secondary N) is 2. The van der Waals surface area contributed by atoms with E-state index in [1.54, 1.807) is 48.7 Å². The van der Waals surface area contributed by atoms with Crippen LogP contribution < -0.4 is 20.5 Å². The molecule has 34 heavy (non-hydrogen) atoms. The number of nitriles is 1. The molecular weight excluding hydrogens is 460 g/mol. The molecule has 2 aromatic heterocycles. The van der Waals surface area contributed by atoms with Crippen LogP contribution in [-0.4, -0.2) is 46.8 Å². The lowest BCUT2D eigenvalue weighted by Gasteiger charge is -2.27. The highest BCUT2D eigenvalue weighted by molar-refractivity contribution is 7.91. The van der Waals surface area contributed by atoms with Crippen molar-refractivity contribution in [3.8, 4) is 17.6 Å². The number of aromatic nitrogens is 3. The summed E-state index contributed by atoms with van der Waals surface area (Å²) in [7, 11) is -3.90. The number of amidine groups is 1. The van der Waals surface area contributed by atoms with Gasteiger partial charge in [-0.1, -0.05) is 6.07 Å². The molecule has 4 N–H and O–H groups in total. The predicted octanol–water partition coefficient (Wildman–Crippen LogP) is 1.10. The summed E-state index contributed by atoms with van der Waals surface area (Å²) in [6.45, 7) is 3.61. The molecule has 3 heterocycles. The summed E-state index contributed by atoms with van der Waals surface area (Å²) in [4.78, 5) is 21.0. The van der Waals surface area contributed by atoms with Crippen LogP contribution in [0.15, 0.2) is 53.5 Å². The van der Waals surface area contributed by atoms with Crippen LogP contribution in [0.1, 0.15) is 35.5 Å². The van der Waals surface area contributed by atoms with Crippen LogP contribution in [0.3, 0.4) is 0 Å². The highest BCUT2D eigenvalue weighted by Gasteiger charge is 2.27. The normalized spacial score (nSPS) is 14.2. The highest BCUT2D eigenvalue weighted by Crippen LogP contribution is 2.30. The van der Waals surface area contributed by atoms with Gasteiger partial charge in [0.15, 0.2) is 11.5 Å². The Morgan fingerprint density at radius 3 is 2.85 bits per heavy atom. The molecule has 0 fully saturated rings. The first kappa shape index (κ1) is 22.7. The average molecular weight is 481 g/mol. The molecule has 1 aliphatic rings. The number of nitrogens with zero attached hydrogens (tertiary/aromatic N) is 5. The van der Waals surface area contributed by atoms with Crippen LogP contribution >= 0.6 is 0 Å². The van der Waals surface area contributed by atoms with Crippen molar-refractivity contribution in [2.75, 3.05) is 11.3 Å². The van der Waals surface area contributed by atoms with E-state index in [0.717, 1.165) is 0 Å². The molecule has 1 aliphatic heterocycles. The zero-order valence-electron chi connectivity index (χ0n) is 18.2. The number of rotatable bonds is 6. The third-order valence-corrected chi connectivity index (χ3v) is 5.66. The first-order chi connectivity index (χ1) is 16.1. The van der Waals surface area contributed by atoms with Gasteiger partial charge in [-0.3, -0.25) is 14.1 Å². The van der Waals surface area contributed by atoms with E-state index in [1.807, 2.05) is 6.07 Å². The molecule has 1 aromatic carbocycles. The fraction of sp³-hybridized carbons (Fsp3) is 0.190. The molecule has 4 rings (SSSR count). The molecule has 0 spiro atoms. The van der Waals surface area contributed by atoms with Gasteiger partial charge in [-0.25, -0.2) is 9.97 Å². The number of carbonyl (C=O) groups excluding carboxylic acids is 1. The summed E-state index contributed by atoms with van der Waals surface area (Å²) in [6.07, 6.45) is 4.44. The second-order valence-electron chi connectivity index (χ2n) is 8.04. The minimum absolute atomic E-state index is 0.0558. The molecule has 12 nitrogen and oxygen atoms in total. The van der Waals surface area contributed by atoms with Gasteiger partial charge in [0.25, 0.3) is 5.91 Å². The van der Waals surface area contributed by atoms with Gasteiger partial charge in [0, 0.05) is 18.0 Å². The summed E-state index contributed by atoms with van der Waals surface area (Å²) < 4.78 is 36.7. The van der Waals surface area contributed by atoms with Crippen molar-refractivity contribution in [2.24, 2.45) is 10.1 Å².